The Balaban J connectivity index is 1.39. The molecule has 1 saturated heterocycles. The zero-order chi connectivity index (χ0) is 16.6. The van der Waals surface area contributed by atoms with Gasteiger partial charge in [0.25, 0.3) is 0 Å². The van der Waals surface area contributed by atoms with Crippen LogP contribution in [0.3, 0.4) is 0 Å². The fourth-order valence-corrected chi connectivity index (χ4v) is 4.13. The molecule has 0 radical (unpaired) electrons. The van der Waals surface area contributed by atoms with E-state index >= 15 is 0 Å². The number of benzene rings is 2. The van der Waals surface area contributed by atoms with Crippen molar-refractivity contribution in [2.24, 2.45) is 5.92 Å². The first-order valence-corrected chi connectivity index (χ1v) is 9.94. The molecule has 3 unspecified atom stereocenters. The first-order chi connectivity index (χ1) is 11.8. The molecule has 1 heterocycles. The fourth-order valence-electron chi connectivity index (χ4n) is 3.05. The molecule has 2 aromatic rings. The van der Waals surface area contributed by atoms with E-state index in [9.17, 15) is 4.21 Å². The molecular weight excluding hydrogens is 318 g/mol. The quantitative estimate of drug-likeness (QED) is 0.642. The van der Waals surface area contributed by atoms with Crippen LogP contribution in [0.2, 0.25) is 0 Å². The van der Waals surface area contributed by atoms with E-state index in [0.29, 0.717) is 23.5 Å². The van der Waals surface area contributed by atoms with Crippen LogP contribution >= 0.6 is 0 Å². The SMILES string of the molecule is O=S(CCNCC1CNNC1c1ccccc1)Cc1ccccc1. The molecule has 3 rings (SSSR count). The summed E-state index contributed by atoms with van der Waals surface area (Å²) in [7, 11) is -0.812. The Morgan fingerprint density at radius 3 is 2.50 bits per heavy atom. The molecule has 3 N–H and O–H groups in total. The van der Waals surface area contributed by atoms with Gasteiger partial charge >= 0.3 is 0 Å². The third-order valence-electron chi connectivity index (χ3n) is 4.34. The molecule has 1 fully saturated rings. The van der Waals surface area contributed by atoms with Crippen LogP contribution in [-0.4, -0.2) is 29.6 Å². The molecule has 1 aliphatic heterocycles. The van der Waals surface area contributed by atoms with Crippen molar-refractivity contribution in [2.75, 3.05) is 25.4 Å². The Morgan fingerprint density at radius 1 is 1.04 bits per heavy atom. The minimum absolute atomic E-state index is 0.327. The van der Waals surface area contributed by atoms with Crippen molar-refractivity contribution >= 4 is 10.8 Å². The number of nitrogens with one attached hydrogen (secondary N) is 3. The van der Waals surface area contributed by atoms with Crippen LogP contribution in [-0.2, 0) is 16.6 Å². The lowest BCUT2D eigenvalue weighted by atomic mass is 9.95. The van der Waals surface area contributed by atoms with E-state index in [2.05, 4.69) is 40.4 Å². The van der Waals surface area contributed by atoms with Gasteiger partial charge in [-0.25, -0.2) is 5.43 Å². The van der Waals surface area contributed by atoms with Gasteiger partial charge in [-0.05, 0) is 11.1 Å². The Labute approximate surface area is 146 Å². The standard InChI is InChI=1S/C19H25N3OS/c23-24(15-16-7-3-1-4-8-16)12-11-20-13-18-14-21-22-19(18)17-9-5-2-6-10-17/h1-10,18-22H,11-15H2. The lowest BCUT2D eigenvalue weighted by Gasteiger charge is -2.19. The minimum Gasteiger partial charge on any atom is -0.315 e. The third-order valence-corrected chi connectivity index (χ3v) is 5.65. The van der Waals surface area contributed by atoms with E-state index in [1.807, 2.05) is 36.4 Å². The van der Waals surface area contributed by atoms with Gasteiger partial charge in [-0.15, -0.1) is 0 Å². The molecule has 0 aliphatic carbocycles. The summed E-state index contributed by atoms with van der Waals surface area (Å²) < 4.78 is 12.1. The van der Waals surface area contributed by atoms with Gasteiger partial charge in [0, 0.05) is 47.9 Å². The summed E-state index contributed by atoms with van der Waals surface area (Å²) >= 11 is 0. The second kappa shape index (κ2) is 9.08. The van der Waals surface area contributed by atoms with Crippen molar-refractivity contribution < 1.29 is 4.21 Å². The molecule has 1 aliphatic rings. The zero-order valence-corrected chi connectivity index (χ0v) is 14.6. The van der Waals surface area contributed by atoms with E-state index in [0.717, 1.165) is 25.2 Å². The minimum atomic E-state index is -0.812. The second-order valence-electron chi connectivity index (χ2n) is 6.15. The molecular formula is C19H25N3OS. The Kier molecular flexibility index (Phi) is 6.55. The van der Waals surface area contributed by atoms with Crippen molar-refractivity contribution in [3.05, 3.63) is 71.8 Å². The van der Waals surface area contributed by atoms with Gasteiger partial charge in [0.2, 0.25) is 0 Å². The summed E-state index contributed by atoms with van der Waals surface area (Å²) in [6.45, 7) is 2.65. The number of hydrogen-bond acceptors (Lipinski definition) is 4. The Bertz CT molecular complexity index is 636. The summed E-state index contributed by atoms with van der Waals surface area (Å²) in [5.41, 5.74) is 9.06. The summed E-state index contributed by atoms with van der Waals surface area (Å²) in [6.07, 6.45) is 0. The lowest BCUT2D eigenvalue weighted by Crippen LogP contribution is -2.31. The number of hydrazine groups is 1. The van der Waals surface area contributed by atoms with Gasteiger partial charge in [0.05, 0.1) is 6.04 Å². The van der Waals surface area contributed by atoms with Gasteiger partial charge in [0.15, 0.2) is 0 Å². The Morgan fingerprint density at radius 2 is 1.75 bits per heavy atom. The topological polar surface area (TPSA) is 53.2 Å². The maximum Gasteiger partial charge on any atom is 0.0515 e. The highest BCUT2D eigenvalue weighted by Crippen LogP contribution is 2.23. The van der Waals surface area contributed by atoms with E-state index < -0.39 is 10.8 Å². The smallest absolute Gasteiger partial charge is 0.0515 e. The predicted molar refractivity (Wildman–Crippen MR) is 99.8 cm³/mol. The van der Waals surface area contributed by atoms with Crippen LogP contribution < -0.4 is 16.2 Å². The van der Waals surface area contributed by atoms with Crippen LogP contribution in [0, 0.1) is 5.92 Å². The number of hydrogen-bond donors (Lipinski definition) is 3. The predicted octanol–water partition coefficient (Wildman–Crippen LogP) is 1.99. The molecule has 0 amide bonds. The maximum atomic E-state index is 12.1. The number of rotatable bonds is 8. The van der Waals surface area contributed by atoms with Crippen LogP contribution in [0.4, 0.5) is 0 Å². The van der Waals surface area contributed by atoms with Crippen molar-refractivity contribution in [2.45, 2.75) is 11.8 Å². The van der Waals surface area contributed by atoms with Crippen molar-refractivity contribution in [3.63, 3.8) is 0 Å². The highest BCUT2D eigenvalue weighted by Gasteiger charge is 2.27. The molecule has 0 spiro atoms. The van der Waals surface area contributed by atoms with Crippen LogP contribution in [0.5, 0.6) is 0 Å². The summed E-state index contributed by atoms with van der Waals surface area (Å²) in [5, 5.41) is 3.47. The molecule has 4 nitrogen and oxygen atoms in total. The van der Waals surface area contributed by atoms with E-state index in [1.54, 1.807) is 0 Å². The highest BCUT2D eigenvalue weighted by molar-refractivity contribution is 7.84. The largest absolute Gasteiger partial charge is 0.315 e. The molecule has 24 heavy (non-hydrogen) atoms. The van der Waals surface area contributed by atoms with Gasteiger partial charge < -0.3 is 5.32 Å². The molecule has 0 aromatic heterocycles. The average Bonchev–Trinajstić information content (AvgIpc) is 3.09. The van der Waals surface area contributed by atoms with Crippen molar-refractivity contribution in [1.82, 2.24) is 16.2 Å². The molecule has 2 aromatic carbocycles. The highest BCUT2D eigenvalue weighted by atomic mass is 32.2. The first-order valence-electron chi connectivity index (χ1n) is 8.46. The molecule has 5 heteroatoms. The van der Waals surface area contributed by atoms with Crippen LogP contribution in [0.1, 0.15) is 17.2 Å². The normalized spacial score (nSPS) is 21.7. The fraction of sp³-hybridized carbons (Fsp3) is 0.368. The van der Waals surface area contributed by atoms with E-state index in [-0.39, 0.29) is 0 Å². The van der Waals surface area contributed by atoms with Crippen LogP contribution in [0.15, 0.2) is 60.7 Å². The lowest BCUT2D eigenvalue weighted by molar-refractivity contribution is 0.448. The monoisotopic (exact) mass is 343 g/mol. The van der Waals surface area contributed by atoms with Crippen LogP contribution in [0.25, 0.3) is 0 Å². The first kappa shape index (κ1) is 17.3. The average molecular weight is 343 g/mol. The van der Waals surface area contributed by atoms with Gasteiger partial charge in [-0.1, -0.05) is 60.7 Å². The van der Waals surface area contributed by atoms with E-state index in [4.69, 9.17) is 0 Å². The summed E-state index contributed by atoms with van der Waals surface area (Å²) in [4.78, 5) is 0. The zero-order valence-electron chi connectivity index (χ0n) is 13.8. The molecule has 3 atom stereocenters. The van der Waals surface area contributed by atoms with Crippen molar-refractivity contribution in [1.29, 1.82) is 0 Å². The maximum absolute atomic E-state index is 12.1. The molecule has 0 bridgehead atoms. The summed E-state index contributed by atoms with van der Waals surface area (Å²) in [5.74, 6) is 1.83. The van der Waals surface area contributed by atoms with Gasteiger partial charge in [-0.3, -0.25) is 9.63 Å². The molecule has 128 valence electrons. The second-order valence-corrected chi connectivity index (χ2v) is 7.73. The Hall–Kier alpha value is -1.53. The van der Waals surface area contributed by atoms with Gasteiger partial charge in [0.1, 0.15) is 0 Å². The summed E-state index contributed by atoms with van der Waals surface area (Å²) in [6, 6.07) is 20.9. The van der Waals surface area contributed by atoms with Gasteiger partial charge in [-0.2, -0.15) is 0 Å². The molecule has 0 saturated carbocycles. The van der Waals surface area contributed by atoms with E-state index in [1.165, 1.54) is 5.56 Å². The third kappa shape index (κ3) is 4.98. The van der Waals surface area contributed by atoms with Crippen molar-refractivity contribution in [3.8, 4) is 0 Å².